The molecule has 0 bridgehead atoms. The van der Waals surface area contributed by atoms with Crippen molar-refractivity contribution in [1.29, 1.82) is 0 Å². The molecule has 16 heavy (non-hydrogen) atoms. The molecule has 0 aromatic heterocycles. The van der Waals surface area contributed by atoms with Gasteiger partial charge in [0.15, 0.2) is 0 Å². The maximum Gasteiger partial charge on any atom is 0.249 e. The van der Waals surface area contributed by atoms with E-state index in [1.165, 1.54) is 0 Å². The van der Waals surface area contributed by atoms with E-state index in [1.807, 2.05) is 27.7 Å². The standard InChI is InChI=1S/C12H23NO3/c1-8-5-6-16-10(8)11(15)13-7-9(14)12(2,3)4/h8-10,14H,5-7H2,1-4H3,(H,13,15). The Morgan fingerprint density at radius 3 is 2.62 bits per heavy atom. The predicted octanol–water partition coefficient (Wildman–Crippen LogP) is 0.935. The van der Waals surface area contributed by atoms with Crippen molar-refractivity contribution in [2.75, 3.05) is 13.2 Å². The summed E-state index contributed by atoms with van der Waals surface area (Å²) < 4.78 is 5.35. The fourth-order valence-corrected chi connectivity index (χ4v) is 1.63. The van der Waals surface area contributed by atoms with Crippen LogP contribution in [0.3, 0.4) is 0 Å². The van der Waals surface area contributed by atoms with Crippen molar-refractivity contribution in [3.8, 4) is 0 Å². The Labute approximate surface area is 97.4 Å². The lowest BCUT2D eigenvalue weighted by Gasteiger charge is -2.26. The van der Waals surface area contributed by atoms with E-state index in [1.54, 1.807) is 0 Å². The maximum atomic E-state index is 11.7. The fraction of sp³-hybridized carbons (Fsp3) is 0.917. The Morgan fingerprint density at radius 1 is 1.56 bits per heavy atom. The molecular formula is C12H23NO3. The molecule has 0 aromatic carbocycles. The molecule has 1 amide bonds. The SMILES string of the molecule is CC1CCOC1C(=O)NCC(O)C(C)(C)C. The molecule has 1 fully saturated rings. The first-order chi connectivity index (χ1) is 7.32. The third-order valence-electron chi connectivity index (χ3n) is 3.12. The molecule has 2 N–H and O–H groups in total. The van der Waals surface area contributed by atoms with Gasteiger partial charge in [0.1, 0.15) is 6.10 Å². The van der Waals surface area contributed by atoms with Gasteiger partial charge in [0, 0.05) is 13.2 Å². The molecule has 0 spiro atoms. The molecule has 1 aliphatic heterocycles. The van der Waals surface area contributed by atoms with E-state index in [2.05, 4.69) is 5.32 Å². The number of hydrogen-bond acceptors (Lipinski definition) is 3. The van der Waals surface area contributed by atoms with Crippen LogP contribution in [0.5, 0.6) is 0 Å². The van der Waals surface area contributed by atoms with Crippen molar-refractivity contribution in [3.63, 3.8) is 0 Å². The van der Waals surface area contributed by atoms with Gasteiger partial charge in [0.05, 0.1) is 6.10 Å². The zero-order valence-corrected chi connectivity index (χ0v) is 10.6. The molecule has 1 aliphatic rings. The third-order valence-corrected chi connectivity index (χ3v) is 3.12. The van der Waals surface area contributed by atoms with Gasteiger partial charge in [-0.3, -0.25) is 4.79 Å². The Morgan fingerprint density at radius 2 is 2.19 bits per heavy atom. The van der Waals surface area contributed by atoms with E-state index in [-0.39, 0.29) is 29.9 Å². The van der Waals surface area contributed by atoms with Crippen LogP contribution >= 0.6 is 0 Å². The zero-order valence-electron chi connectivity index (χ0n) is 10.6. The lowest BCUT2D eigenvalue weighted by molar-refractivity contribution is -0.132. The summed E-state index contributed by atoms with van der Waals surface area (Å²) >= 11 is 0. The number of carbonyl (C=O) groups is 1. The van der Waals surface area contributed by atoms with Crippen molar-refractivity contribution in [1.82, 2.24) is 5.32 Å². The first-order valence-corrected chi connectivity index (χ1v) is 5.89. The van der Waals surface area contributed by atoms with Gasteiger partial charge in [0.2, 0.25) is 5.91 Å². The minimum Gasteiger partial charge on any atom is -0.391 e. The summed E-state index contributed by atoms with van der Waals surface area (Å²) in [6, 6.07) is 0. The summed E-state index contributed by atoms with van der Waals surface area (Å²) in [5.74, 6) is 0.167. The van der Waals surface area contributed by atoms with Crippen LogP contribution in [0.25, 0.3) is 0 Å². The molecule has 0 radical (unpaired) electrons. The minimum atomic E-state index is -0.534. The molecule has 3 unspecified atom stereocenters. The molecule has 1 rings (SSSR count). The Balaban J connectivity index is 2.35. The molecule has 1 heterocycles. The molecule has 4 nitrogen and oxygen atoms in total. The van der Waals surface area contributed by atoms with Crippen molar-refractivity contribution in [2.45, 2.75) is 46.3 Å². The average Bonchev–Trinajstić information content (AvgIpc) is 2.58. The molecular weight excluding hydrogens is 206 g/mol. The largest absolute Gasteiger partial charge is 0.391 e. The van der Waals surface area contributed by atoms with E-state index < -0.39 is 6.10 Å². The second-order valence-electron chi connectivity index (χ2n) is 5.68. The van der Waals surface area contributed by atoms with Gasteiger partial charge in [-0.15, -0.1) is 0 Å². The number of aliphatic hydroxyl groups excluding tert-OH is 1. The normalized spacial score (nSPS) is 27.8. The van der Waals surface area contributed by atoms with E-state index >= 15 is 0 Å². The Hall–Kier alpha value is -0.610. The van der Waals surface area contributed by atoms with Crippen molar-refractivity contribution < 1.29 is 14.6 Å². The van der Waals surface area contributed by atoms with Crippen LogP contribution in [0.15, 0.2) is 0 Å². The molecule has 0 saturated carbocycles. The predicted molar refractivity (Wildman–Crippen MR) is 62.0 cm³/mol. The number of ether oxygens (including phenoxy) is 1. The van der Waals surface area contributed by atoms with E-state index in [0.717, 1.165) is 6.42 Å². The molecule has 94 valence electrons. The summed E-state index contributed by atoms with van der Waals surface area (Å²) in [4.78, 5) is 11.7. The zero-order chi connectivity index (χ0) is 12.3. The Kier molecular flexibility index (Phi) is 4.33. The number of hydrogen-bond donors (Lipinski definition) is 2. The lowest BCUT2D eigenvalue weighted by Crippen LogP contribution is -2.44. The van der Waals surface area contributed by atoms with Crippen LogP contribution in [0.2, 0.25) is 0 Å². The number of carbonyl (C=O) groups excluding carboxylic acids is 1. The summed E-state index contributed by atoms with van der Waals surface area (Å²) in [6.45, 7) is 8.78. The monoisotopic (exact) mass is 229 g/mol. The van der Waals surface area contributed by atoms with Gasteiger partial charge in [-0.1, -0.05) is 27.7 Å². The second kappa shape index (κ2) is 5.15. The van der Waals surface area contributed by atoms with Gasteiger partial charge in [-0.05, 0) is 17.8 Å². The van der Waals surface area contributed by atoms with E-state index in [9.17, 15) is 9.90 Å². The highest BCUT2D eigenvalue weighted by Crippen LogP contribution is 2.21. The number of nitrogens with one attached hydrogen (secondary N) is 1. The Bertz CT molecular complexity index is 247. The lowest BCUT2D eigenvalue weighted by atomic mass is 9.89. The number of aliphatic hydroxyl groups is 1. The van der Waals surface area contributed by atoms with E-state index in [4.69, 9.17) is 4.74 Å². The first kappa shape index (κ1) is 13.5. The maximum absolute atomic E-state index is 11.7. The van der Waals surface area contributed by atoms with Crippen LogP contribution in [0.4, 0.5) is 0 Å². The van der Waals surface area contributed by atoms with Crippen LogP contribution in [0.1, 0.15) is 34.1 Å². The first-order valence-electron chi connectivity index (χ1n) is 5.89. The highest BCUT2D eigenvalue weighted by atomic mass is 16.5. The van der Waals surface area contributed by atoms with Crippen molar-refractivity contribution in [2.24, 2.45) is 11.3 Å². The van der Waals surface area contributed by atoms with Crippen LogP contribution in [-0.4, -0.2) is 36.4 Å². The van der Waals surface area contributed by atoms with Crippen molar-refractivity contribution in [3.05, 3.63) is 0 Å². The quantitative estimate of drug-likeness (QED) is 0.757. The summed E-state index contributed by atoms with van der Waals surface area (Å²) in [6.07, 6.45) is 0.0558. The molecule has 3 atom stereocenters. The van der Waals surface area contributed by atoms with Gasteiger partial charge < -0.3 is 15.2 Å². The van der Waals surface area contributed by atoms with Gasteiger partial charge in [-0.2, -0.15) is 0 Å². The van der Waals surface area contributed by atoms with Gasteiger partial charge in [0.25, 0.3) is 0 Å². The minimum absolute atomic E-state index is 0.103. The average molecular weight is 229 g/mol. The number of rotatable bonds is 3. The van der Waals surface area contributed by atoms with Crippen molar-refractivity contribution >= 4 is 5.91 Å². The van der Waals surface area contributed by atoms with Crippen LogP contribution in [-0.2, 0) is 9.53 Å². The van der Waals surface area contributed by atoms with Gasteiger partial charge >= 0.3 is 0 Å². The smallest absolute Gasteiger partial charge is 0.249 e. The highest BCUT2D eigenvalue weighted by Gasteiger charge is 2.31. The molecule has 4 heteroatoms. The molecule has 0 aliphatic carbocycles. The third kappa shape index (κ3) is 3.46. The summed E-state index contributed by atoms with van der Waals surface area (Å²) in [5.41, 5.74) is -0.213. The molecule has 1 saturated heterocycles. The topological polar surface area (TPSA) is 58.6 Å². The summed E-state index contributed by atoms with van der Waals surface area (Å²) in [7, 11) is 0. The van der Waals surface area contributed by atoms with E-state index in [0.29, 0.717) is 6.61 Å². The molecule has 0 aromatic rings. The summed E-state index contributed by atoms with van der Waals surface area (Å²) in [5, 5.41) is 12.5. The van der Waals surface area contributed by atoms with Crippen LogP contribution < -0.4 is 5.32 Å². The number of amides is 1. The fourth-order valence-electron chi connectivity index (χ4n) is 1.63. The van der Waals surface area contributed by atoms with Gasteiger partial charge in [-0.25, -0.2) is 0 Å². The second-order valence-corrected chi connectivity index (χ2v) is 5.68. The van der Waals surface area contributed by atoms with Crippen LogP contribution in [0, 0.1) is 11.3 Å². The highest BCUT2D eigenvalue weighted by molar-refractivity contribution is 5.81.